The molecular weight excluding hydrogens is 307 g/mol. The van der Waals surface area contributed by atoms with E-state index in [0.29, 0.717) is 30.0 Å². The summed E-state index contributed by atoms with van der Waals surface area (Å²) in [6.07, 6.45) is 0.586. The Kier molecular flexibility index (Phi) is 3.43. The average Bonchev–Trinajstić information content (AvgIpc) is 2.90. The molecule has 108 valence electrons. The Hall–Kier alpha value is -1.18. The maximum absolute atomic E-state index is 13.3. The van der Waals surface area contributed by atoms with E-state index in [1.165, 1.54) is 12.1 Å². The first-order chi connectivity index (χ1) is 9.43. The molecule has 3 rings (SSSR count). The van der Waals surface area contributed by atoms with E-state index in [1.54, 1.807) is 0 Å². The maximum Gasteiger partial charge on any atom is 0.209 e. The van der Waals surface area contributed by atoms with E-state index in [4.69, 9.17) is 16.0 Å². The van der Waals surface area contributed by atoms with Crippen LogP contribution in [0.4, 0.5) is 4.39 Å². The summed E-state index contributed by atoms with van der Waals surface area (Å²) in [5.74, 6) is 0.162. The SMILES string of the molecule is O=S1(=O)CCC(NCc2nc3cc(Cl)c(F)cc3o2)C1. The molecule has 1 aliphatic heterocycles. The van der Waals surface area contributed by atoms with E-state index < -0.39 is 15.7 Å². The van der Waals surface area contributed by atoms with Gasteiger partial charge in [-0.05, 0) is 12.5 Å². The van der Waals surface area contributed by atoms with Gasteiger partial charge in [-0.3, -0.25) is 0 Å². The van der Waals surface area contributed by atoms with Gasteiger partial charge >= 0.3 is 0 Å². The van der Waals surface area contributed by atoms with E-state index in [9.17, 15) is 12.8 Å². The standard InChI is InChI=1S/C12H12ClFN2O3S/c13-8-3-10-11(4-9(8)14)19-12(16-10)5-15-7-1-2-20(17,18)6-7/h3-4,7,15H,1-2,5-6H2. The summed E-state index contributed by atoms with van der Waals surface area (Å²) < 4.78 is 41.3. The Morgan fingerprint density at radius 1 is 1.50 bits per heavy atom. The fourth-order valence-electron chi connectivity index (χ4n) is 2.23. The Morgan fingerprint density at radius 2 is 2.30 bits per heavy atom. The number of fused-ring (bicyclic) bond motifs is 1. The van der Waals surface area contributed by atoms with E-state index >= 15 is 0 Å². The van der Waals surface area contributed by atoms with Crippen LogP contribution in [0.5, 0.6) is 0 Å². The average molecular weight is 319 g/mol. The molecule has 0 spiro atoms. The second-order valence-corrected chi connectivity index (χ2v) is 7.46. The zero-order valence-corrected chi connectivity index (χ0v) is 12.0. The molecule has 1 atom stereocenters. The molecule has 8 heteroatoms. The fourth-order valence-corrected chi connectivity index (χ4v) is 4.10. The largest absolute Gasteiger partial charge is 0.439 e. The number of halogens is 2. The summed E-state index contributed by atoms with van der Waals surface area (Å²) in [6.45, 7) is 0.300. The predicted octanol–water partition coefficient (Wildman–Crippen LogP) is 1.90. The lowest BCUT2D eigenvalue weighted by Gasteiger charge is -2.07. The monoisotopic (exact) mass is 318 g/mol. The van der Waals surface area contributed by atoms with Crippen LogP contribution in [0.1, 0.15) is 12.3 Å². The highest BCUT2D eigenvalue weighted by atomic mass is 35.5. The minimum absolute atomic E-state index is 0.00723. The van der Waals surface area contributed by atoms with E-state index in [-0.39, 0.29) is 22.6 Å². The molecule has 0 bridgehead atoms. The number of sulfone groups is 1. The zero-order valence-electron chi connectivity index (χ0n) is 10.4. The Morgan fingerprint density at radius 3 is 3.00 bits per heavy atom. The van der Waals surface area contributed by atoms with Crippen LogP contribution in [0.3, 0.4) is 0 Å². The van der Waals surface area contributed by atoms with Crippen molar-refractivity contribution in [2.24, 2.45) is 0 Å². The van der Waals surface area contributed by atoms with Crippen molar-refractivity contribution in [3.8, 4) is 0 Å². The second kappa shape index (κ2) is 4.98. The van der Waals surface area contributed by atoms with E-state index in [0.717, 1.165) is 0 Å². The van der Waals surface area contributed by atoms with Crippen molar-refractivity contribution in [1.29, 1.82) is 0 Å². The third-order valence-corrected chi connectivity index (χ3v) is 5.31. The lowest BCUT2D eigenvalue weighted by Crippen LogP contribution is -2.29. The van der Waals surface area contributed by atoms with Crippen molar-refractivity contribution in [3.63, 3.8) is 0 Å². The number of hydrogen-bond donors (Lipinski definition) is 1. The van der Waals surface area contributed by atoms with Crippen LogP contribution in [0.15, 0.2) is 16.5 Å². The number of nitrogens with one attached hydrogen (secondary N) is 1. The van der Waals surface area contributed by atoms with Gasteiger partial charge in [0.2, 0.25) is 5.89 Å². The molecule has 2 heterocycles. The molecule has 1 unspecified atom stereocenters. The summed E-state index contributed by atoms with van der Waals surface area (Å²) in [5.41, 5.74) is 0.801. The molecule has 0 aliphatic carbocycles. The highest BCUT2D eigenvalue weighted by Crippen LogP contribution is 2.23. The van der Waals surface area contributed by atoms with Gasteiger partial charge in [0.25, 0.3) is 0 Å². The van der Waals surface area contributed by atoms with Crippen molar-refractivity contribution in [3.05, 3.63) is 28.9 Å². The molecule has 2 aromatic rings. The molecular formula is C12H12ClFN2O3S. The summed E-state index contributed by atoms with van der Waals surface area (Å²) >= 11 is 5.67. The molecule has 1 N–H and O–H groups in total. The molecule has 1 aliphatic rings. The number of aromatic nitrogens is 1. The minimum atomic E-state index is -2.92. The third kappa shape index (κ3) is 2.79. The van der Waals surface area contributed by atoms with Crippen molar-refractivity contribution >= 4 is 32.5 Å². The Bertz CT molecular complexity index is 720. The number of nitrogens with zero attached hydrogens (tertiary/aromatic N) is 1. The van der Waals surface area contributed by atoms with Crippen LogP contribution in [-0.4, -0.2) is 30.9 Å². The van der Waals surface area contributed by atoms with Gasteiger partial charge in [0.05, 0.1) is 23.1 Å². The molecule has 1 fully saturated rings. The van der Waals surface area contributed by atoms with Crippen LogP contribution in [0, 0.1) is 5.82 Å². The normalized spacial score (nSPS) is 21.6. The van der Waals surface area contributed by atoms with Crippen molar-refractivity contribution < 1.29 is 17.2 Å². The van der Waals surface area contributed by atoms with Crippen LogP contribution in [0.2, 0.25) is 5.02 Å². The highest BCUT2D eigenvalue weighted by Gasteiger charge is 2.27. The van der Waals surface area contributed by atoms with Gasteiger partial charge in [-0.2, -0.15) is 0 Å². The molecule has 1 aromatic heterocycles. The van der Waals surface area contributed by atoms with Crippen molar-refractivity contribution in [2.75, 3.05) is 11.5 Å². The quantitative estimate of drug-likeness (QED) is 0.935. The van der Waals surface area contributed by atoms with Gasteiger partial charge in [0.1, 0.15) is 11.3 Å². The van der Waals surface area contributed by atoms with E-state index in [2.05, 4.69) is 10.3 Å². The van der Waals surface area contributed by atoms with Gasteiger partial charge in [0.15, 0.2) is 15.4 Å². The van der Waals surface area contributed by atoms with Gasteiger partial charge in [-0.1, -0.05) is 11.6 Å². The van der Waals surface area contributed by atoms with Crippen LogP contribution in [-0.2, 0) is 16.4 Å². The van der Waals surface area contributed by atoms with Crippen LogP contribution >= 0.6 is 11.6 Å². The summed E-state index contributed by atoms with van der Waals surface area (Å²) in [5, 5.41) is 3.07. The van der Waals surface area contributed by atoms with Gasteiger partial charge in [0, 0.05) is 12.1 Å². The molecule has 1 saturated heterocycles. The number of hydrogen-bond acceptors (Lipinski definition) is 5. The first-order valence-corrected chi connectivity index (χ1v) is 8.31. The summed E-state index contributed by atoms with van der Waals surface area (Å²) in [6, 6.07) is 2.50. The van der Waals surface area contributed by atoms with Gasteiger partial charge < -0.3 is 9.73 Å². The molecule has 1 aromatic carbocycles. The number of benzene rings is 1. The van der Waals surface area contributed by atoms with Crippen LogP contribution in [0.25, 0.3) is 11.1 Å². The minimum Gasteiger partial charge on any atom is -0.439 e. The molecule has 0 amide bonds. The number of rotatable bonds is 3. The maximum atomic E-state index is 13.3. The first kappa shape index (κ1) is 13.8. The topological polar surface area (TPSA) is 72.2 Å². The first-order valence-electron chi connectivity index (χ1n) is 6.11. The number of oxazole rings is 1. The molecule has 5 nitrogen and oxygen atoms in total. The van der Waals surface area contributed by atoms with Gasteiger partial charge in [-0.25, -0.2) is 17.8 Å². The Balaban J connectivity index is 1.72. The predicted molar refractivity (Wildman–Crippen MR) is 72.9 cm³/mol. The lowest BCUT2D eigenvalue weighted by atomic mass is 10.3. The van der Waals surface area contributed by atoms with Crippen LogP contribution < -0.4 is 5.32 Å². The van der Waals surface area contributed by atoms with Gasteiger partial charge in [-0.15, -0.1) is 0 Å². The highest BCUT2D eigenvalue weighted by molar-refractivity contribution is 7.91. The smallest absolute Gasteiger partial charge is 0.209 e. The third-order valence-electron chi connectivity index (χ3n) is 3.25. The Labute approximate surface area is 120 Å². The fraction of sp³-hybridized carbons (Fsp3) is 0.417. The molecule has 0 radical (unpaired) electrons. The van der Waals surface area contributed by atoms with Crippen molar-refractivity contribution in [1.82, 2.24) is 10.3 Å². The second-order valence-electron chi connectivity index (χ2n) is 4.82. The lowest BCUT2D eigenvalue weighted by molar-refractivity contribution is 0.462. The van der Waals surface area contributed by atoms with E-state index in [1.807, 2.05) is 0 Å². The summed E-state index contributed by atoms with van der Waals surface area (Å²) in [7, 11) is -2.92. The molecule has 0 saturated carbocycles. The summed E-state index contributed by atoms with van der Waals surface area (Å²) in [4.78, 5) is 4.18. The molecule has 20 heavy (non-hydrogen) atoms. The zero-order chi connectivity index (χ0) is 14.3. The van der Waals surface area contributed by atoms with Crippen molar-refractivity contribution in [2.45, 2.75) is 19.0 Å².